The first-order valence-electron chi connectivity index (χ1n) is 10.1. The lowest BCUT2D eigenvalue weighted by atomic mass is 10.1. The Morgan fingerprint density at radius 2 is 1.59 bits per heavy atom. The van der Waals surface area contributed by atoms with Crippen molar-refractivity contribution in [2.45, 2.75) is 43.5 Å². The second kappa shape index (κ2) is 9.85. The summed E-state index contributed by atoms with van der Waals surface area (Å²) in [6.07, 6.45) is 7.15. The molecule has 3 rings (SSSR count). The number of nitrogens with zero attached hydrogens (tertiary/aromatic N) is 1. The number of sulfonamides is 1. The van der Waals surface area contributed by atoms with E-state index in [0.717, 1.165) is 36.8 Å². The van der Waals surface area contributed by atoms with Crippen molar-refractivity contribution >= 4 is 22.0 Å². The number of rotatable bonds is 6. The van der Waals surface area contributed by atoms with Crippen molar-refractivity contribution in [3.8, 4) is 0 Å². The molecule has 2 aromatic rings. The van der Waals surface area contributed by atoms with Gasteiger partial charge in [-0.2, -0.15) is 4.31 Å². The number of hydrogen-bond donors (Lipinski definition) is 1. The molecule has 154 valence electrons. The third kappa shape index (κ3) is 5.78. The lowest BCUT2D eigenvalue weighted by Crippen LogP contribution is -2.31. The summed E-state index contributed by atoms with van der Waals surface area (Å²) in [7, 11) is -3.45. The molecule has 5 nitrogen and oxygen atoms in total. The highest BCUT2D eigenvalue weighted by atomic mass is 32.2. The summed E-state index contributed by atoms with van der Waals surface area (Å²) < 4.78 is 27.2. The quantitative estimate of drug-likeness (QED) is 0.725. The highest BCUT2D eigenvalue weighted by Crippen LogP contribution is 2.21. The van der Waals surface area contributed by atoms with Crippen LogP contribution in [0.1, 0.15) is 49.8 Å². The summed E-state index contributed by atoms with van der Waals surface area (Å²) in [6.45, 7) is 3.11. The number of carbonyl (C=O) groups excluding carboxylic acids is 1. The Morgan fingerprint density at radius 1 is 0.966 bits per heavy atom. The summed E-state index contributed by atoms with van der Waals surface area (Å²) in [4.78, 5) is 12.5. The smallest absolute Gasteiger partial charge is 0.244 e. The topological polar surface area (TPSA) is 66.5 Å². The van der Waals surface area contributed by atoms with E-state index in [-0.39, 0.29) is 11.9 Å². The zero-order chi connectivity index (χ0) is 20.7. The summed E-state index contributed by atoms with van der Waals surface area (Å²) in [5.41, 5.74) is 1.82. The molecule has 1 N–H and O–H groups in total. The third-order valence-electron chi connectivity index (χ3n) is 5.17. The summed E-state index contributed by atoms with van der Waals surface area (Å²) >= 11 is 0. The van der Waals surface area contributed by atoms with Gasteiger partial charge in [-0.3, -0.25) is 4.79 Å². The Bertz CT molecular complexity index is 930. The van der Waals surface area contributed by atoms with Crippen LogP contribution >= 0.6 is 0 Å². The fourth-order valence-corrected chi connectivity index (χ4v) is 4.96. The van der Waals surface area contributed by atoms with Crippen LogP contribution in [-0.4, -0.2) is 31.7 Å². The molecule has 0 unspecified atom stereocenters. The molecule has 0 aliphatic carbocycles. The molecule has 0 saturated carbocycles. The largest absolute Gasteiger partial charge is 0.346 e. The van der Waals surface area contributed by atoms with Gasteiger partial charge in [-0.15, -0.1) is 0 Å². The van der Waals surface area contributed by atoms with Gasteiger partial charge in [0.1, 0.15) is 0 Å². The van der Waals surface area contributed by atoms with Crippen LogP contribution in [-0.2, 0) is 14.8 Å². The normalized spacial score (nSPS) is 17.0. The van der Waals surface area contributed by atoms with E-state index in [1.165, 1.54) is 6.08 Å². The van der Waals surface area contributed by atoms with Crippen LogP contribution in [0.5, 0.6) is 0 Å². The van der Waals surface area contributed by atoms with Gasteiger partial charge >= 0.3 is 0 Å². The minimum absolute atomic E-state index is 0.0884. The fraction of sp³-hybridized carbons (Fsp3) is 0.348. The van der Waals surface area contributed by atoms with Gasteiger partial charge in [0.2, 0.25) is 15.9 Å². The number of nitrogens with one attached hydrogen (secondary N) is 1. The SMILES string of the molecule is C[C@@H](NC(=O)/C=C/c1ccc(S(=O)(=O)N2CCCCCC2)cc1)c1ccccc1. The van der Waals surface area contributed by atoms with Crippen LogP contribution in [0.3, 0.4) is 0 Å². The highest BCUT2D eigenvalue weighted by molar-refractivity contribution is 7.89. The van der Waals surface area contributed by atoms with E-state index in [1.54, 1.807) is 34.6 Å². The van der Waals surface area contributed by atoms with Gasteiger partial charge in [-0.05, 0) is 49.1 Å². The Balaban J connectivity index is 1.61. The van der Waals surface area contributed by atoms with E-state index in [1.807, 2.05) is 37.3 Å². The number of amides is 1. The van der Waals surface area contributed by atoms with Gasteiger partial charge < -0.3 is 5.32 Å². The number of benzene rings is 2. The lowest BCUT2D eigenvalue weighted by Gasteiger charge is -2.19. The van der Waals surface area contributed by atoms with Gasteiger partial charge in [-0.25, -0.2) is 8.42 Å². The number of hydrogen-bond acceptors (Lipinski definition) is 3. The zero-order valence-corrected chi connectivity index (χ0v) is 17.6. The average Bonchev–Trinajstić information content (AvgIpc) is 3.03. The second-order valence-electron chi connectivity index (χ2n) is 7.36. The van der Waals surface area contributed by atoms with Crippen molar-refractivity contribution in [2.75, 3.05) is 13.1 Å². The maximum Gasteiger partial charge on any atom is 0.244 e. The lowest BCUT2D eigenvalue weighted by molar-refractivity contribution is -0.117. The molecule has 1 heterocycles. The summed E-state index contributed by atoms with van der Waals surface area (Å²) in [6, 6.07) is 16.4. The van der Waals surface area contributed by atoms with Gasteiger partial charge in [0.15, 0.2) is 0 Å². The molecule has 29 heavy (non-hydrogen) atoms. The van der Waals surface area contributed by atoms with Crippen LogP contribution < -0.4 is 5.32 Å². The van der Waals surface area contributed by atoms with Crippen LogP contribution in [0.4, 0.5) is 0 Å². The van der Waals surface area contributed by atoms with Crippen molar-refractivity contribution in [1.29, 1.82) is 0 Å². The molecule has 1 aliphatic heterocycles. The van der Waals surface area contributed by atoms with E-state index >= 15 is 0 Å². The molecule has 0 bridgehead atoms. The molecule has 0 spiro atoms. The van der Waals surface area contributed by atoms with Gasteiger partial charge in [0.05, 0.1) is 10.9 Å². The van der Waals surface area contributed by atoms with Crippen molar-refractivity contribution < 1.29 is 13.2 Å². The van der Waals surface area contributed by atoms with Crippen LogP contribution in [0.15, 0.2) is 65.6 Å². The molecule has 2 aromatic carbocycles. The first-order valence-corrected chi connectivity index (χ1v) is 11.5. The van der Waals surface area contributed by atoms with Gasteiger partial charge in [0.25, 0.3) is 0 Å². The van der Waals surface area contributed by atoms with E-state index in [9.17, 15) is 13.2 Å². The molecule has 6 heteroatoms. The molecular formula is C23H28N2O3S. The molecular weight excluding hydrogens is 384 g/mol. The van der Waals surface area contributed by atoms with E-state index in [4.69, 9.17) is 0 Å². The molecule has 0 aromatic heterocycles. The molecule has 1 aliphatic rings. The molecule has 0 radical (unpaired) electrons. The van der Waals surface area contributed by atoms with E-state index < -0.39 is 10.0 Å². The predicted molar refractivity (Wildman–Crippen MR) is 116 cm³/mol. The average molecular weight is 413 g/mol. The standard InChI is InChI=1S/C23H28N2O3S/c1-19(21-9-5-4-6-10-21)24-23(26)16-13-20-11-14-22(15-12-20)29(27,28)25-17-7-2-3-8-18-25/h4-6,9-16,19H,2-3,7-8,17-18H2,1H3,(H,24,26)/b16-13+/t19-/m1/s1. The zero-order valence-electron chi connectivity index (χ0n) is 16.8. The number of carbonyl (C=O) groups is 1. The Hall–Kier alpha value is -2.44. The maximum atomic E-state index is 12.8. The van der Waals surface area contributed by atoms with Crippen LogP contribution in [0.25, 0.3) is 6.08 Å². The summed E-state index contributed by atoms with van der Waals surface area (Å²) in [5.74, 6) is -0.192. The third-order valence-corrected chi connectivity index (χ3v) is 7.08. The monoisotopic (exact) mass is 412 g/mol. The van der Waals surface area contributed by atoms with Crippen molar-refractivity contribution in [1.82, 2.24) is 9.62 Å². The first-order chi connectivity index (χ1) is 14.0. The molecule has 1 fully saturated rings. The second-order valence-corrected chi connectivity index (χ2v) is 9.30. The predicted octanol–water partition coefficient (Wildman–Crippen LogP) is 4.14. The van der Waals surface area contributed by atoms with Gasteiger partial charge in [-0.1, -0.05) is 55.3 Å². The van der Waals surface area contributed by atoms with Gasteiger partial charge in [0, 0.05) is 19.2 Å². The van der Waals surface area contributed by atoms with Crippen molar-refractivity contribution in [3.63, 3.8) is 0 Å². The molecule has 1 saturated heterocycles. The Morgan fingerprint density at radius 3 is 2.21 bits per heavy atom. The van der Waals surface area contributed by atoms with Crippen LogP contribution in [0.2, 0.25) is 0 Å². The van der Waals surface area contributed by atoms with Crippen molar-refractivity contribution in [2.24, 2.45) is 0 Å². The van der Waals surface area contributed by atoms with Crippen LogP contribution in [0, 0.1) is 0 Å². The maximum absolute atomic E-state index is 12.8. The van der Waals surface area contributed by atoms with Crippen molar-refractivity contribution in [3.05, 3.63) is 71.8 Å². The minimum Gasteiger partial charge on any atom is -0.346 e. The molecule has 1 amide bonds. The fourth-order valence-electron chi connectivity index (χ4n) is 3.44. The minimum atomic E-state index is -3.45. The first kappa shape index (κ1) is 21.3. The Labute approximate surface area is 173 Å². The van der Waals surface area contributed by atoms with E-state index in [2.05, 4.69) is 5.32 Å². The van der Waals surface area contributed by atoms with E-state index in [0.29, 0.717) is 18.0 Å². The molecule has 1 atom stereocenters. The Kier molecular flexibility index (Phi) is 7.23. The summed E-state index contributed by atoms with van der Waals surface area (Å²) in [5, 5.41) is 2.92. The highest BCUT2D eigenvalue weighted by Gasteiger charge is 2.24.